The van der Waals surface area contributed by atoms with Gasteiger partial charge in [0.15, 0.2) is 0 Å². The molecule has 0 radical (unpaired) electrons. The minimum Gasteiger partial charge on any atom is -0.351 e. The molecule has 4 nitrogen and oxygen atoms in total. The molecule has 1 aromatic rings. The van der Waals surface area contributed by atoms with E-state index in [0.29, 0.717) is 18.0 Å². The van der Waals surface area contributed by atoms with Crippen LogP contribution in [0.1, 0.15) is 36.4 Å². The number of carbonyl (C=O) groups excluding carboxylic acids is 1. The number of nitrogens with two attached hydrogens (primary N) is 1. The maximum Gasteiger partial charge on any atom is 0.315 e. The largest absolute Gasteiger partial charge is 0.351 e. The lowest BCUT2D eigenvalue weighted by molar-refractivity contribution is 0.00743. The number of primary amides is 1. The molecule has 0 aromatic heterocycles. The van der Waals surface area contributed by atoms with Gasteiger partial charge in [-0.05, 0) is 42.7 Å². The summed E-state index contributed by atoms with van der Waals surface area (Å²) < 4.78 is 0. The number of carbonyl (C=O) groups is 1. The van der Waals surface area contributed by atoms with Crippen molar-refractivity contribution in [2.75, 3.05) is 19.6 Å². The molecule has 3 heterocycles. The maximum atomic E-state index is 11.7. The van der Waals surface area contributed by atoms with E-state index in [2.05, 4.69) is 29.2 Å². The van der Waals surface area contributed by atoms with Crippen molar-refractivity contribution in [3.63, 3.8) is 0 Å². The summed E-state index contributed by atoms with van der Waals surface area (Å²) in [4.78, 5) is 16.3. The number of amides is 2. The molecule has 2 saturated heterocycles. The van der Waals surface area contributed by atoms with Gasteiger partial charge in [0.2, 0.25) is 0 Å². The first kappa shape index (κ1) is 13.1. The van der Waals surface area contributed by atoms with Crippen LogP contribution in [0.2, 0.25) is 0 Å². The molecule has 2 amide bonds. The number of hydrogen-bond acceptors (Lipinski definition) is 2. The second-order valence-electron chi connectivity index (χ2n) is 6.70. The molecule has 4 heteroatoms. The molecule has 21 heavy (non-hydrogen) atoms. The summed E-state index contributed by atoms with van der Waals surface area (Å²) in [6, 6.07) is 9.37. The van der Waals surface area contributed by atoms with Crippen molar-refractivity contribution in [3.8, 4) is 0 Å². The Balaban J connectivity index is 1.65. The monoisotopic (exact) mass is 285 g/mol. The summed E-state index contributed by atoms with van der Waals surface area (Å²) in [5.74, 6) is 0.604. The molecule has 112 valence electrons. The first-order chi connectivity index (χ1) is 10.2. The van der Waals surface area contributed by atoms with Gasteiger partial charge in [-0.2, -0.15) is 0 Å². The van der Waals surface area contributed by atoms with E-state index in [9.17, 15) is 4.79 Å². The van der Waals surface area contributed by atoms with Crippen LogP contribution in [0.4, 0.5) is 4.79 Å². The van der Waals surface area contributed by atoms with E-state index in [4.69, 9.17) is 5.73 Å². The molecule has 3 unspecified atom stereocenters. The Bertz CT molecular complexity index is 559. The average molecular weight is 285 g/mol. The summed E-state index contributed by atoms with van der Waals surface area (Å²) >= 11 is 0. The fourth-order valence-electron chi connectivity index (χ4n) is 4.67. The quantitative estimate of drug-likeness (QED) is 0.794. The summed E-state index contributed by atoms with van der Waals surface area (Å²) in [7, 11) is 0. The number of benzene rings is 1. The van der Waals surface area contributed by atoms with Gasteiger partial charge in [-0.3, -0.25) is 4.90 Å². The first-order valence-corrected chi connectivity index (χ1v) is 8.12. The van der Waals surface area contributed by atoms with Gasteiger partial charge in [0.25, 0.3) is 0 Å². The number of fused-ring (bicyclic) bond motifs is 4. The zero-order valence-electron chi connectivity index (χ0n) is 12.4. The van der Waals surface area contributed by atoms with E-state index in [0.717, 1.165) is 38.9 Å². The minimum atomic E-state index is -0.234. The summed E-state index contributed by atoms with van der Waals surface area (Å²) in [6.45, 7) is 3.11. The van der Waals surface area contributed by atoms with Crippen LogP contribution in [0, 0.1) is 5.92 Å². The Kier molecular flexibility index (Phi) is 3.14. The second-order valence-corrected chi connectivity index (χ2v) is 6.70. The number of nitrogens with zero attached hydrogens (tertiary/aromatic N) is 2. The van der Waals surface area contributed by atoms with Crippen LogP contribution < -0.4 is 5.73 Å². The third-order valence-corrected chi connectivity index (χ3v) is 5.66. The molecule has 0 spiro atoms. The highest BCUT2D eigenvalue weighted by Gasteiger charge is 2.43. The molecule has 3 atom stereocenters. The molecule has 3 aliphatic rings. The van der Waals surface area contributed by atoms with Gasteiger partial charge in [-0.25, -0.2) is 4.79 Å². The van der Waals surface area contributed by atoms with E-state index in [1.807, 2.05) is 4.90 Å². The van der Waals surface area contributed by atoms with E-state index >= 15 is 0 Å². The molecule has 3 aliphatic heterocycles. The molecule has 0 aliphatic carbocycles. The molecule has 4 rings (SSSR count). The van der Waals surface area contributed by atoms with Crippen molar-refractivity contribution in [1.82, 2.24) is 9.80 Å². The zero-order valence-corrected chi connectivity index (χ0v) is 12.4. The molecular weight excluding hydrogens is 262 g/mol. The Hall–Kier alpha value is -1.55. The van der Waals surface area contributed by atoms with E-state index in [-0.39, 0.29) is 6.03 Å². The van der Waals surface area contributed by atoms with Crippen LogP contribution in [0.3, 0.4) is 0 Å². The van der Waals surface area contributed by atoms with Crippen molar-refractivity contribution >= 4 is 6.03 Å². The molecule has 1 aromatic carbocycles. The van der Waals surface area contributed by atoms with Crippen molar-refractivity contribution in [2.45, 2.75) is 37.8 Å². The van der Waals surface area contributed by atoms with E-state index in [1.54, 1.807) is 0 Å². The molecule has 2 N–H and O–H groups in total. The van der Waals surface area contributed by atoms with Crippen LogP contribution in [0.25, 0.3) is 0 Å². The van der Waals surface area contributed by atoms with Crippen LogP contribution in [-0.2, 0) is 6.42 Å². The number of piperidine rings is 2. The van der Waals surface area contributed by atoms with Gasteiger partial charge in [0.1, 0.15) is 0 Å². The minimum absolute atomic E-state index is 0.234. The van der Waals surface area contributed by atoms with Crippen molar-refractivity contribution < 1.29 is 4.79 Å². The van der Waals surface area contributed by atoms with Crippen LogP contribution in [-0.4, -0.2) is 41.5 Å². The lowest BCUT2D eigenvalue weighted by Gasteiger charge is -2.52. The van der Waals surface area contributed by atoms with E-state index in [1.165, 1.54) is 17.5 Å². The summed E-state index contributed by atoms with van der Waals surface area (Å²) in [6.07, 6.45) is 4.53. The lowest BCUT2D eigenvalue weighted by atomic mass is 9.77. The van der Waals surface area contributed by atoms with Gasteiger partial charge in [-0.1, -0.05) is 24.3 Å². The number of rotatable bonds is 0. The smallest absolute Gasteiger partial charge is 0.315 e. The number of urea groups is 1. The number of likely N-dealkylation sites (tertiary alicyclic amines) is 1. The standard InChI is InChI=1S/C17H23N3O/c18-17(21)20-8-3-5-13-11-19-9-7-12-4-1-2-6-14(12)16(19)10-15(13)20/h1-2,4,6,13,15-16H,3,5,7-11H2,(H2,18,21). The predicted molar refractivity (Wildman–Crippen MR) is 81.9 cm³/mol. The SMILES string of the molecule is NC(=O)N1CCCC2CN3CCc4ccccc4C3CC21. The third-order valence-electron chi connectivity index (χ3n) is 5.66. The van der Waals surface area contributed by atoms with Crippen LogP contribution >= 0.6 is 0 Å². The fourth-order valence-corrected chi connectivity index (χ4v) is 4.67. The molecule has 0 bridgehead atoms. The maximum absolute atomic E-state index is 11.7. The van der Waals surface area contributed by atoms with Crippen LogP contribution in [0.5, 0.6) is 0 Å². The summed E-state index contributed by atoms with van der Waals surface area (Å²) in [5.41, 5.74) is 8.56. The van der Waals surface area contributed by atoms with Crippen molar-refractivity contribution in [2.24, 2.45) is 11.7 Å². The van der Waals surface area contributed by atoms with Gasteiger partial charge in [-0.15, -0.1) is 0 Å². The zero-order chi connectivity index (χ0) is 14.4. The van der Waals surface area contributed by atoms with E-state index < -0.39 is 0 Å². The summed E-state index contributed by atoms with van der Waals surface area (Å²) in [5, 5.41) is 0. The topological polar surface area (TPSA) is 49.6 Å². The normalized spacial score (nSPS) is 32.0. The molecule has 2 fully saturated rings. The van der Waals surface area contributed by atoms with Crippen LogP contribution in [0.15, 0.2) is 24.3 Å². The van der Waals surface area contributed by atoms with Crippen molar-refractivity contribution in [1.29, 1.82) is 0 Å². The third kappa shape index (κ3) is 2.13. The van der Waals surface area contributed by atoms with Crippen molar-refractivity contribution in [3.05, 3.63) is 35.4 Å². The average Bonchev–Trinajstić information content (AvgIpc) is 2.52. The predicted octanol–water partition coefficient (Wildman–Crippen LogP) is 2.15. The fraction of sp³-hybridized carbons (Fsp3) is 0.588. The molecule has 0 saturated carbocycles. The van der Waals surface area contributed by atoms with Gasteiger partial charge in [0, 0.05) is 31.7 Å². The lowest BCUT2D eigenvalue weighted by Crippen LogP contribution is -2.58. The highest BCUT2D eigenvalue weighted by Crippen LogP contribution is 2.42. The van der Waals surface area contributed by atoms with Gasteiger partial charge in [0.05, 0.1) is 0 Å². The highest BCUT2D eigenvalue weighted by atomic mass is 16.2. The second kappa shape index (κ2) is 5.02. The van der Waals surface area contributed by atoms with Gasteiger partial charge >= 0.3 is 6.03 Å². The Morgan fingerprint density at radius 3 is 2.95 bits per heavy atom. The number of hydrogen-bond donors (Lipinski definition) is 1. The van der Waals surface area contributed by atoms with Gasteiger partial charge < -0.3 is 10.6 Å². The first-order valence-electron chi connectivity index (χ1n) is 8.12. The Labute approximate surface area is 125 Å². The Morgan fingerprint density at radius 2 is 2.10 bits per heavy atom. The molecular formula is C17H23N3O. The Morgan fingerprint density at radius 1 is 1.24 bits per heavy atom. The highest BCUT2D eigenvalue weighted by molar-refractivity contribution is 5.72.